The highest BCUT2D eigenvalue weighted by atomic mass is 16.5. The summed E-state index contributed by atoms with van der Waals surface area (Å²) >= 11 is 0. The van der Waals surface area contributed by atoms with E-state index in [2.05, 4.69) is 16.8 Å². The average molecular weight is 142 g/mol. The van der Waals surface area contributed by atoms with Crippen LogP contribution in [0, 0.1) is 17.9 Å². The van der Waals surface area contributed by atoms with Gasteiger partial charge in [-0.05, 0) is 6.92 Å². The Hall–Kier alpha value is -1.01. The number of aliphatic hydroxyl groups excluding tert-OH is 1. The van der Waals surface area contributed by atoms with Crippen LogP contribution < -0.4 is 0 Å². The molecule has 0 aliphatic carbocycles. The summed E-state index contributed by atoms with van der Waals surface area (Å²) in [6.45, 7) is 2.93. The first-order valence-electron chi connectivity index (χ1n) is 2.95. The molecule has 56 valence electrons. The molecule has 0 saturated heterocycles. The minimum Gasteiger partial charge on any atom is -0.395 e. The lowest BCUT2D eigenvalue weighted by molar-refractivity contribution is -0.142. The van der Waals surface area contributed by atoms with Crippen LogP contribution in [0.4, 0.5) is 0 Å². The SMILES string of the molecule is CC#COC(=O)C(C)CO. The van der Waals surface area contributed by atoms with Crippen LogP contribution in [0.25, 0.3) is 0 Å². The van der Waals surface area contributed by atoms with Crippen LogP contribution in [0.15, 0.2) is 0 Å². The average Bonchev–Trinajstić information content (AvgIpc) is 1.98. The lowest BCUT2D eigenvalue weighted by atomic mass is 10.2. The molecule has 1 N–H and O–H groups in total. The van der Waals surface area contributed by atoms with Crippen LogP contribution >= 0.6 is 0 Å². The zero-order chi connectivity index (χ0) is 7.98. The van der Waals surface area contributed by atoms with Crippen LogP contribution in [-0.2, 0) is 9.53 Å². The standard InChI is InChI=1S/C7H10O3/c1-3-4-10-7(9)6(2)5-8/h6,8H,5H2,1-2H3. The van der Waals surface area contributed by atoms with E-state index in [0.717, 1.165) is 0 Å². The molecule has 0 saturated carbocycles. The predicted molar refractivity (Wildman–Crippen MR) is 35.8 cm³/mol. The van der Waals surface area contributed by atoms with Crippen molar-refractivity contribution in [2.45, 2.75) is 13.8 Å². The van der Waals surface area contributed by atoms with Gasteiger partial charge in [-0.3, -0.25) is 4.79 Å². The molecular formula is C7H10O3. The van der Waals surface area contributed by atoms with Crippen molar-refractivity contribution in [3.05, 3.63) is 0 Å². The molecule has 0 aromatic carbocycles. The zero-order valence-electron chi connectivity index (χ0n) is 6.05. The molecule has 0 fully saturated rings. The monoisotopic (exact) mass is 142 g/mol. The number of ether oxygens (including phenoxy) is 1. The normalized spacial score (nSPS) is 11.1. The molecule has 0 rings (SSSR count). The molecule has 10 heavy (non-hydrogen) atoms. The summed E-state index contributed by atoms with van der Waals surface area (Å²) in [5, 5.41) is 8.46. The van der Waals surface area contributed by atoms with Gasteiger partial charge >= 0.3 is 5.97 Å². The number of hydrogen-bond donors (Lipinski definition) is 1. The third kappa shape index (κ3) is 3.10. The lowest BCUT2D eigenvalue weighted by Crippen LogP contribution is -2.15. The van der Waals surface area contributed by atoms with Crippen LogP contribution in [0.1, 0.15) is 13.8 Å². The van der Waals surface area contributed by atoms with Crippen LogP contribution in [-0.4, -0.2) is 17.7 Å². The number of aliphatic hydroxyl groups is 1. The molecule has 1 unspecified atom stereocenters. The number of hydrogen-bond acceptors (Lipinski definition) is 3. The van der Waals surface area contributed by atoms with Crippen molar-refractivity contribution < 1.29 is 14.6 Å². The first-order chi connectivity index (χ1) is 4.72. The van der Waals surface area contributed by atoms with Crippen molar-refractivity contribution in [1.82, 2.24) is 0 Å². The fourth-order valence-corrected chi connectivity index (χ4v) is 0.276. The first kappa shape index (κ1) is 8.99. The van der Waals surface area contributed by atoms with Gasteiger partial charge in [0.1, 0.15) is 6.11 Å². The highest BCUT2D eigenvalue weighted by Crippen LogP contribution is 1.94. The Morgan fingerprint density at radius 1 is 1.80 bits per heavy atom. The Balaban J connectivity index is 3.69. The van der Waals surface area contributed by atoms with Crippen LogP contribution in [0.3, 0.4) is 0 Å². The summed E-state index contributed by atoms with van der Waals surface area (Å²) in [6, 6.07) is 0. The van der Waals surface area contributed by atoms with Crippen LogP contribution in [0.5, 0.6) is 0 Å². The molecule has 0 bridgehead atoms. The molecule has 3 nitrogen and oxygen atoms in total. The minimum atomic E-state index is -0.489. The molecule has 0 spiro atoms. The third-order valence-corrected chi connectivity index (χ3v) is 0.930. The Bertz CT molecular complexity index is 163. The van der Waals surface area contributed by atoms with Gasteiger partial charge in [0.25, 0.3) is 0 Å². The predicted octanol–water partition coefficient (Wildman–Crippen LogP) is 0.139. The van der Waals surface area contributed by atoms with Crippen LogP contribution in [0.2, 0.25) is 0 Å². The van der Waals surface area contributed by atoms with Gasteiger partial charge in [0.2, 0.25) is 0 Å². The quantitative estimate of drug-likeness (QED) is 0.440. The lowest BCUT2D eigenvalue weighted by Gasteiger charge is -2.00. The maximum atomic E-state index is 10.6. The van der Waals surface area contributed by atoms with E-state index < -0.39 is 11.9 Å². The Kier molecular flexibility index (Phi) is 4.34. The van der Waals surface area contributed by atoms with Crippen molar-refractivity contribution in [3.63, 3.8) is 0 Å². The van der Waals surface area contributed by atoms with Gasteiger partial charge in [-0.25, -0.2) is 0 Å². The van der Waals surface area contributed by atoms with Crippen molar-refractivity contribution in [1.29, 1.82) is 0 Å². The fourth-order valence-electron chi connectivity index (χ4n) is 0.276. The van der Waals surface area contributed by atoms with E-state index in [1.165, 1.54) is 0 Å². The number of rotatable bonds is 2. The molecule has 0 radical (unpaired) electrons. The van der Waals surface area contributed by atoms with E-state index in [0.29, 0.717) is 0 Å². The van der Waals surface area contributed by atoms with E-state index in [4.69, 9.17) is 5.11 Å². The zero-order valence-corrected chi connectivity index (χ0v) is 6.05. The molecule has 0 heterocycles. The molecular weight excluding hydrogens is 132 g/mol. The van der Waals surface area contributed by atoms with E-state index in [9.17, 15) is 4.79 Å². The number of carbonyl (C=O) groups is 1. The molecule has 1 atom stereocenters. The fraction of sp³-hybridized carbons (Fsp3) is 0.571. The van der Waals surface area contributed by atoms with E-state index in [1.54, 1.807) is 13.8 Å². The Labute approximate surface area is 60.0 Å². The van der Waals surface area contributed by atoms with E-state index in [1.807, 2.05) is 0 Å². The topological polar surface area (TPSA) is 46.5 Å². The highest BCUT2D eigenvalue weighted by Gasteiger charge is 2.11. The largest absolute Gasteiger partial charge is 0.395 e. The summed E-state index contributed by atoms with van der Waals surface area (Å²) in [7, 11) is 0. The van der Waals surface area contributed by atoms with Gasteiger partial charge in [-0.1, -0.05) is 5.92 Å². The molecule has 0 aliphatic heterocycles. The third-order valence-electron chi connectivity index (χ3n) is 0.930. The van der Waals surface area contributed by atoms with Gasteiger partial charge in [0, 0.05) is 6.92 Å². The van der Waals surface area contributed by atoms with Crippen molar-refractivity contribution in [2.24, 2.45) is 5.92 Å². The van der Waals surface area contributed by atoms with Gasteiger partial charge in [-0.2, -0.15) is 0 Å². The second kappa shape index (κ2) is 4.83. The summed E-state index contributed by atoms with van der Waals surface area (Å²) < 4.78 is 4.38. The maximum Gasteiger partial charge on any atom is 0.324 e. The van der Waals surface area contributed by atoms with Crippen molar-refractivity contribution in [2.75, 3.05) is 6.61 Å². The van der Waals surface area contributed by atoms with Gasteiger partial charge < -0.3 is 9.84 Å². The number of esters is 1. The molecule has 0 amide bonds. The molecule has 3 heteroatoms. The first-order valence-corrected chi connectivity index (χ1v) is 2.95. The summed E-state index contributed by atoms with van der Waals surface area (Å²) in [5.74, 6) is 1.43. The highest BCUT2D eigenvalue weighted by molar-refractivity contribution is 5.73. The molecule has 0 aromatic heterocycles. The van der Waals surface area contributed by atoms with E-state index >= 15 is 0 Å². The van der Waals surface area contributed by atoms with E-state index in [-0.39, 0.29) is 6.61 Å². The van der Waals surface area contributed by atoms with Crippen molar-refractivity contribution >= 4 is 5.97 Å². The van der Waals surface area contributed by atoms with Gasteiger partial charge in [0.05, 0.1) is 12.5 Å². The second-order valence-corrected chi connectivity index (χ2v) is 1.86. The summed E-state index contributed by atoms with van der Waals surface area (Å²) in [6.07, 6.45) is 2.15. The summed E-state index contributed by atoms with van der Waals surface area (Å²) in [5.41, 5.74) is 0. The maximum absolute atomic E-state index is 10.6. The number of carbonyl (C=O) groups excluding carboxylic acids is 1. The minimum absolute atomic E-state index is 0.204. The summed E-state index contributed by atoms with van der Waals surface area (Å²) in [4.78, 5) is 10.6. The smallest absolute Gasteiger partial charge is 0.324 e. The van der Waals surface area contributed by atoms with Gasteiger partial charge in [-0.15, -0.1) is 0 Å². The Morgan fingerprint density at radius 2 is 2.40 bits per heavy atom. The molecule has 0 aromatic rings. The Morgan fingerprint density at radius 3 is 2.80 bits per heavy atom. The second-order valence-electron chi connectivity index (χ2n) is 1.86. The van der Waals surface area contributed by atoms with Crippen molar-refractivity contribution in [3.8, 4) is 12.0 Å². The molecule has 0 aliphatic rings. The van der Waals surface area contributed by atoms with Gasteiger partial charge in [0.15, 0.2) is 0 Å².